The normalized spacial score (nSPS) is 11.4. The van der Waals surface area contributed by atoms with Gasteiger partial charge in [-0.3, -0.25) is 9.59 Å². The molecule has 0 spiro atoms. The van der Waals surface area contributed by atoms with Crippen molar-refractivity contribution in [1.29, 1.82) is 0 Å². The molecule has 0 N–H and O–H groups in total. The quantitative estimate of drug-likeness (QED) is 0.532. The van der Waals surface area contributed by atoms with Crippen molar-refractivity contribution in [1.82, 2.24) is 4.90 Å². The van der Waals surface area contributed by atoms with E-state index in [1.165, 1.54) is 6.08 Å². The summed E-state index contributed by atoms with van der Waals surface area (Å²) >= 11 is 0. The molecule has 138 valence electrons. The molecule has 0 heterocycles. The van der Waals surface area contributed by atoms with Crippen LogP contribution in [0.3, 0.4) is 0 Å². The highest BCUT2D eigenvalue weighted by atomic mass is 16.5. The molecule has 1 rings (SSSR count). The number of amides is 1. The molecule has 0 aromatic heterocycles. The Balaban J connectivity index is 2.75. The maximum atomic E-state index is 12.6. The summed E-state index contributed by atoms with van der Waals surface area (Å²) in [6, 6.07) is 7.54. The van der Waals surface area contributed by atoms with Gasteiger partial charge in [-0.15, -0.1) is 0 Å². The van der Waals surface area contributed by atoms with Crippen molar-refractivity contribution in [2.75, 3.05) is 19.8 Å². The molecular weight excluding hydrogens is 318 g/mol. The van der Waals surface area contributed by atoms with Gasteiger partial charge in [-0.1, -0.05) is 12.1 Å². The first kappa shape index (κ1) is 20.7. The molecule has 1 amide bonds. The summed E-state index contributed by atoms with van der Waals surface area (Å²) in [4.78, 5) is 25.8. The number of benzene rings is 1. The van der Waals surface area contributed by atoms with Crippen LogP contribution in [0.1, 0.15) is 46.6 Å². The van der Waals surface area contributed by atoms with Crippen molar-refractivity contribution in [3.63, 3.8) is 0 Å². The molecule has 25 heavy (non-hydrogen) atoms. The number of rotatable bonds is 8. The van der Waals surface area contributed by atoms with Gasteiger partial charge in [0.2, 0.25) is 5.91 Å². The molecule has 5 heteroatoms. The van der Waals surface area contributed by atoms with Gasteiger partial charge in [0.15, 0.2) is 0 Å². The topological polar surface area (TPSA) is 55.8 Å². The van der Waals surface area contributed by atoms with Crippen LogP contribution in [0.25, 0.3) is 6.08 Å². The van der Waals surface area contributed by atoms with E-state index in [4.69, 9.17) is 9.47 Å². The van der Waals surface area contributed by atoms with Crippen molar-refractivity contribution in [3.8, 4) is 5.75 Å². The van der Waals surface area contributed by atoms with E-state index >= 15 is 0 Å². The second-order valence-corrected chi connectivity index (χ2v) is 6.55. The molecule has 1 aromatic carbocycles. The molecule has 0 saturated heterocycles. The fourth-order valence-electron chi connectivity index (χ4n) is 2.31. The smallest absolute Gasteiger partial charge is 0.307 e. The summed E-state index contributed by atoms with van der Waals surface area (Å²) in [6.45, 7) is 10.8. The SMILES string of the molecule is CCOC(=O)CCN(C(=O)/C=C/c1ccc(OCC)cc1)C(C)(C)C. The van der Waals surface area contributed by atoms with E-state index in [1.807, 2.05) is 52.0 Å². The van der Waals surface area contributed by atoms with Gasteiger partial charge in [0.05, 0.1) is 19.6 Å². The van der Waals surface area contributed by atoms with E-state index in [2.05, 4.69) is 0 Å². The van der Waals surface area contributed by atoms with Crippen LogP contribution in [0.15, 0.2) is 30.3 Å². The summed E-state index contributed by atoms with van der Waals surface area (Å²) in [6.07, 6.45) is 3.49. The van der Waals surface area contributed by atoms with Crippen molar-refractivity contribution in [2.45, 2.75) is 46.6 Å². The number of ether oxygens (including phenoxy) is 2. The Kier molecular flexibility index (Phi) is 8.19. The molecule has 0 aliphatic carbocycles. The lowest BCUT2D eigenvalue weighted by Crippen LogP contribution is -2.46. The van der Waals surface area contributed by atoms with Crippen LogP contribution in [-0.2, 0) is 14.3 Å². The van der Waals surface area contributed by atoms with Crippen molar-refractivity contribution in [2.24, 2.45) is 0 Å². The average molecular weight is 347 g/mol. The lowest BCUT2D eigenvalue weighted by molar-refractivity contribution is -0.144. The molecule has 0 aliphatic rings. The fourth-order valence-corrected chi connectivity index (χ4v) is 2.31. The third-order valence-corrected chi connectivity index (χ3v) is 3.53. The van der Waals surface area contributed by atoms with Crippen molar-refractivity contribution >= 4 is 18.0 Å². The van der Waals surface area contributed by atoms with E-state index in [0.29, 0.717) is 19.8 Å². The number of carbonyl (C=O) groups is 2. The summed E-state index contributed by atoms with van der Waals surface area (Å²) in [5, 5.41) is 0. The number of nitrogens with zero attached hydrogens (tertiary/aromatic N) is 1. The number of esters is 1. The van der Waals surface area contributed by atoms with Gasteiger partial charge in [-0.05, 0) is 58.4 Å². The lowest BCUT2D eigenvalue weighted by atomic mass is 10.0. The number of hydrogen-bond donors (Lipinski definition) is 0. The van der Waals surface area contributed by atoms with Gasteiger partial charge in [0, 0.05) is 18.2 Å². The largest absolute Gasteiger partial charge is 0.494 e. The Labute approximate surface area is 150 Å². The Hall–Kier alpha value is -2.30. The fraction of sp³-hybridized carbons (Fsp3) is 0.500. The zero-order valence-corrected chi connectivity index (χ0v) is 15.9. The van der Waals surface area contributed by atoms with Gasteiger partial charge < -0.3 is 14.4 Å². The summed E-state index contributed by atoms with van der Waals surface area (Å²) in [7, 11) is 0. The molecule has 1 aromatic rings. The van der Waals surface area contributed by atoms with Crippen LogP contribution in [-0.4, -0.2) is 42.1 Å². The van der Waals surface area contributed by atoms with Crippen LogP contribution in [0, 0.1) is 0 Å². The molecule has 0 aliphatic heterocycles. The van der Waals surface area contributed by atoms with Crippen molar-refractivity contribution in [3.05, 3.63) is 35.9 Å². The van der Waals surface area contributed by atoms with Crippen LogP contribution in [0.5, 0.6) is 5.75 Å². The summed E-state index contributed by atoms with van der Waals surface area (Å²) < 4.78 is 10.3. The van der Waals surface area contributed by atoms with E-state index in [0.717, 1.165) is 11.3 Å². The molecule has 0 fully saturated rings. The zero-order chi connectivity index (χ0) is 18.9. The standard InChI is InChI=1S/C20H29NO4/c1-6-24-17-11-8-16(9-12-17)10-13-18(22)21(20(3,4)5)15-14-19(23)25-7-2/h8-13H,6-7,14-15H2,1-5H3/b13-10+. The monoisotopic (exact) mass is 347 g/mol. The Bertz CT molecular complexity index is 585. The second kappa shape index (κ2) is 9.87. The van der Waals surface area contributed by atoms with Crippen LogP contribution < -0.4 is 4.74 Å². The molecule has 0 atom stereocenters. The van der Waals surface area contributed by atoms with E-state index < -0.39 is 0 Å². The number of hydrogen-bond acceptors (Lipinski definition) is 4. The molecule has 0 unspecified atom stereocenters. The van der Waals surface area contributed by atoms with Crippen LogP contribution in [0.4, 0.5) is 0 Å². The van der Waals surface area contributed by atoms with E-state index in [-0.39, 0.29) is 23.8 Å². The first-order valence-electron chi connectivity index (χ1n) is 8.66. The van der Waals surface area contributed by atoms with E-state index in [9.17, 15) is 9.59 Å². The third kappa shape index (κ3) is 7.42. The highest BCUT2D eigenvalue weighted by Crippen LogP contribution is 2.17. The van der Waals surface area contributed by atoms with Gasteiger partial charge in [0.1, 0.15) is 5.75 Å². The van der Waals surface area contributed by atoms with E-state index in [1.54, 1.807) is 17.9 Å². The average Bonchev–Trinajstić information content (AvgIpc) is 2.53. The zero-order valence-electron chi connectivity index (χ0n) is 15.9. The maximum Gasteiger partial charge on any atom is 0.307 e. The number of carbonyl (C=O) groups excluding carboxylic acids is 2. The Morgan fingerprint density at radius 2 is 1.72 bits per heavy atom. The van der Waals surface area contributed by atoms with Crippen LogP contribution in [0.2, 0.25) is 0 Å². The highest BCUT2D eigenvalue weighted by molar-refractivity contribution is 5.92. The van der Waals surface area contributed by atoms with Gasteiger partial charge in [0.25, 0.3) is 0 Å². The molecule has 5 nitrogen and oxygen atoms in total. The second-order valence-electron chi connectivity index (χ2n) is 6.55. The van der Waals surface area contributed by atoms with Crippen molar-refractivity contribution < 1.29 is 19.1 Å². The lowest BCUT2D eigenvalue weighted by Gasteiger charge is -2.34. The minimum atomic E-state index is -0.382. The van der Waals surface area contributed by atoms with Gasteiger partial charge in [-0.25, -0.2) is 0 Å². The van der Waals surface area contributed by atoms with Gasteiger partial charge in [-0.2, -0.15) is 0 Å². The van der Waals surface area contributed by atoms with Crippen LogP contribution >= 0.6 is 0 Å². The predicted octanol–water partition coefficient (Wildman–Crippen LogP) is 3.68. The third-order valence-electron chi connectivity index (χ3n) is 3.53. The summed E-state index contributed by atoms with van der Waals surface area (Å²) in [5.41, 5.74) is 0.531. The Morgan fingerprint density at radius 3 is 2.24 bits per heavy atom. The molecule has 0 bridgehead atoms. The minimum Gasteiger partial charge on any atom is -0.494 e. The highest BCUT2D eigenvalue weighted by Gasteiger charge is 2.25. The minimum absolute atomic E-state index is 0.134. The summed E-state index contributed by atoms with van der Waals surface area (Å²) in [5.74, 6) is 0.377. The van der Waals surface area contributed by atoms with Gasteiger partial charge >= 0.3 is 5.97 Å². The maximum absolute atomic E-state index is 12.6. The molecule has 0 radical (unpaired) electrons. The molecular formula is C20H29NO4. The predicted molar refractivity (Wildman–Crippen MR) is 99.4 cm³/mol. The first-order chi connectivity index (χ1) is 11.8. The Morgan fingerprint density at radius 1 is 1.08 bits per heavy atom. The molecule has 0 saturated carbocycles. The first-order valence-corrected chi connectivity index (χ1v) is 8.66.